The van der Waals surface area contributed by atoms with E-state index >= 15 is 0 Å². The molecule has 1 atom stereocenters. The maximum absolute atomic E-state index is 11.1. The Balaban J connectivity index is 1.89. The van der Waals surface area contributed by atoms with Crippen molar-refractivity contribution in [2.75, 3.05) is 11.9 Å². The first-order chi connectivity index (χ1) is 10.1. The number of anilines is 1. The number of nitrogens with two attached hydrogens (primary N) is 1. The Morgan fingerprint density at radius 3 is 2.57 bits per heavy atom. The molecule has 0 saturated carbocycles. The van der Waals surface area contributed by atoms with E-state index in [-0.39, 0.29) is 0 Å². The zero-order chi connectivity index (χ0) is 15.2. The van der Waals surface area contributed by atoms with E-state index in [9.17, 15) is 4.79 Å². The summed E-state index contributed by atoms with van der Waals surface area (Å²) in [5.41, 5.74) is 7.80. The van der Waals surface area contributed by atoms with Gasteiger partial charge in [-0.2, -0.15) is 0 Å². The molecular formula is C17H19ClN2O. The van der Waals surface area contributed by atoms with Crippen LogP contribution in [0.3, 0.4) is 0 Å². The summed E-state index contributed by atoms with van der Waals surface area (Å²) in [4.78, 5) is 11.1. The summed E-state index contributed by atoms with van der Waals surface area (Å²) >= 11 is 6.02. The zero-order valence-electron chi connectivity index (χ0n) is 12.0. The summed E-state index contributed by atoms with van der Waals surface area (Å²) < 4.78 is 0. The molecule has 4 heteroatoms. The molecule has 3 nitrogen and oxygen atoms in total. The molecule has 2 rings (SSSR count). The fourth-order valence-corrected chi connectivity index (χ4v) is 2.48. The minimum absolute atomic E-state index is 0.347. The lowest BCUT2D eigenvalue weighted by atomic mass is 9.98. The standard InChI is InChI=1S/C17H19ClN2O/c1-12(13-5-3-2-4-6-13)9-10-20-14-7-8-15(17(19)21)16(18)11-14/h2-8,11-12,20H,9-10H2,1H3,(H2,19,21). The van der Waals surface area contributed by atoms with Gasteiger partial charge in [0.1, 0.15) is 0 Å². The van der Waals surface area contributed by atoms with E-state index in [0.717, 1.165) is 18.7 Å². The minimum Gasteiger partial charge on any atom is -0.385 e. The highest BCUT2D eigenvalue weighted by Crippen LogP contribution is 2.22. The predicted octanol–water partition coefficient (Wildman–Crippen LogP) is 4.04. The van der Waals surface area contributed by atoms with Crippen molar-refractivity contribution in [2.45, 2.75) is 19.3 Å². The monoisotopic (exact) mass is 302 g/mol. The molecule has 0 aliphatic carbocycles. The molecule has 1 amide bonds. The molecule has 3 N–H and O–H groups in total. The number of halogens is 1. The molecule has 2 aromatic rings. The Bertz CT molecular complexity index is 613. The second-order valence-corrected chi connectivity index (χ2v) is 5.49. The van der Waals surface area contributed by atoms with Crippen LogP contribution in [0.15, 0.2) is 48.5 Å². The third-order valence-electron chi connectivity index (χ3n) is 3.51. The highest BCUT2D eigenvalue weighted by molar-refractivity contribution is 6.34. The highest BCUT2D eigenvalue weighted by Gasteiger charge is 2.08. The summed E-state index contributed by atoms with van der Waals surface area (Å²) in [7, 11) is 0. The van der Waals surface area contributed by atoms with Gasteiger partial charge in [0, 0.05) is 12.2 Å². The van der Waals surface area contributed by atoms with Crippen LogP contribution in [0.25, 0.3) is 0 Å². The number of hydrogen-bond acceptors (Lipinski definition) is 2. The Kier molecular flexibility index (Phi) is 5.23. The second kappa shape index (κ2) is 7.14. The maximum atomic E-state index is 11.1. The first kappa shape index (κ1) is 15.4. The van der Waals surface area contributed by atoms with E-state index < -0.39 is 5.91 Å². The van der Waals surface area contributed by atoms with Gasteiger partial charge in [0.2, 0.25) is 5.91 Å². The van der Waals surface area contributed by atoms with Gasteiger partial charge in [-0.05, 0) is 36.1 Å². The maximum Gasteiger partial charge on any atom is 0.250 e. The molecule has 2 aromatic carbocycles. The average molecular weight is 303 g/mol. The lowest BCUT2D eigenvalue weighted by molar-refractivity contribution is 0.100. The summed E-state index contributed by atoms with van der Waals surface area (Å²) in [5.74, 6) is -0.0247. The summed E-state index contributed by atoms with van der Waals surface area (Å²) in [6, 6.07) is 15.6. The van der Waals surface area contributed by atoms with Crippen molar-refractivity contribution >= 4 is 23.2 Å². The smallest absolute Gasteiger partial charge is 0.250 e. The van der Waals surface area contributed by atoms with Gasteiger partial charge < -0.3 is 11.1 Å². The topological polar surface area (TPSA) is 55.1 Å². The number of amides is 1. The molecule has 0 spiro atoms. The van der Waals surface area contributed by atoms with E-state index in [1.165, 1.54) is 5.56 Å². The van der Waals surface area contributed by atoms with Gasteiger partial charge in [0.25, 0.3) is 0 Å². The van der Waals surface area contributed by atoms with Gasteiger partial charge in [0.05, 0.1) is 10.6 Å². The van der Waals surface area contributed by atoms with Crippen molar-refractivity contribution in [3.63, 3.8) is 0 Å². The van der Waals surface area contributed by atoms with Crippen LogP contribution in [0.2, 0.25) is 5.02 Å². The lowest BCUT2D eigenvalue weighted by Crippen LogP contribution is -2.12. The number of nitrogens with one attached hydrogen (secondary N) is 1. The van der Waals surface area contributed by atoms with Crippen molar-refractivity contribution in [3.8, 4) is 0 Å². The van der Waals surface area contributed by atoms with E-state index in [1.807, 2.05) is 12.1 Å². The molecule has 0 heterocycles. The van der Waals surface area contributed by atoms with Gasteiger partial charge in [-0.3, -0.25) is 4.79 Å². The van der Waals surface area contributed by atoms with Gasteiger partial charge in [-0.15, -0.1) is 0 Å². The summed E-state index contributed by atoms with van der Waals surface area (Å²) in [6.45, 7) is 3.04. The van der Waals surface area contributed by atoms with Crippen molar-refractivity contribution < 1.29 is 4.79 Å². The molecule has 0 saturated heterocycles. The molecule has 0 fully saturated rings. The zero-order valence-corrected chi connectivity index (χ0v) is 12.7. The first-order valence-electron chi connectivity index (χ1n) is 6.96. The highest BCUT2D eigenvalue weighted by atomic mass is 35.5. The second-order valence-electron chi connectivity index (χ2n) is 5.09. The molecular weight excluding hydrogens is 284 g/mol. The Labute approximate surface area is 130 Å². The van der Waals surface area contributed by atoms with Crippen LogP contribution in [-0.2, 0) is 0 Å². The number of benzene rings is 2. The molecule has 0 radical (unpaired) electrons. The lowest BCUT2D eigenvalue weighted by Gasteiger charge is -2.13. The SMILES string of the molecule is CC(CCNc1ccc(C(N)=O)c(Cl)c1)c1ccccc1. The fraction of sp³-hybridized carbons (Fsp3) is 0.235. The molecule has 0 bridgehead atoms. The molecule has 21 heavy (non-hydrogen) atoms. The van der Waals surface area contributed by atoms with Crippen LogP contribution in [0, 0.1) is 0 Å². The third-order valence-corrected chi connectivity index (χ3v) is 3.82. The van der Waals surface area contributed by atoms with Gasteiger partial charge >= 0.3 is 0 Å². The summed E-state index contributed by atoms with van der Waals surface area (Å²) in [6.07, 6.45) is 1.01. The molecule has 0 aliphatic rings. The van der Waals surface area contributed by atoms with Crippen LogP contribution in [-0.4, -0.2) is 12.5 Å². The first-order valence-corrected chi connectivity index (χ1v) is 7.34. The minimum atomic E-state index is -0.510. The Morgan fingerprint density at radius 1 is 1.24 bits per heavy atom. The number of rotatable bonds is 6. The van der Waals surface area contributed by atoms with E-state index in [1.54, 1.807) is 12.1 Å². The number of hydrogen-bond donors (Lipinski definition) is 2. The number of carbonyl (C=O) groups is 1. The van der Waals surface area contributed by atoms with Crippen molar-refractivity contribution in [1.82, 2.24) is 0 Å². The van der Waals surface area contributed by atoms with Crippen LogP contribution in [0.5, 0.6) is 0 Å². The number of carbonyl (C=O) groups excluding carboxylic acids is 1. The Morgan fingerprint density at radius 2 is 1.95 bits per heavy atom. The van der Waals surface area contributed by atoms with Gasteiger partial charge in [0.15, 0.2) is 0 Å². The van der Waals surface area contributed by atoms with E-state index in [4.69, 9.17) is 17.3 Å². The molecule has 1 unspecified atom stereocenters. The number of primary amides is 1. The van der Waals surface area contributed by atoms with Crippen LogP contribution >= 0.6 is 11.6 Å². The quantitative estimate of drug-likeness (QED) is 0.846. The molecule has 110 valence electrons. The summed E-state index contributed by atoms with van der Waals surface area (Å²) in [5, 5.41) is 3.69. The predicted molar refractivity (Wildman–Crippen MR) is 87.9 cm³/mol. The fourth-order valence-electron chi connectivity index (χ4n) is 2.21. The normalized spacial score (nSPS) is 11.9. The molecule has 0 aliphatic heterocycles. The largest absolute Gasteiger partial charge is 0.385 e. The van der Waals surface area contributed by atoms with E-state index in [2.05, 4.69) is 36.5 Å². The van der Waals surface area contributed by atoms with Crippen LogP contribution in [0.1, 0.15) is 35.2 Å². The van der Waals surface area contributed by atoms with Gasteiger partial charge in [-0.1, -0.05) is 48.9 Å². The van der Waals surface area contributed by atoms with Crippen LogP contribution < -0.4 is 11.1 Å². The molecule has 0 aromatic heterocycles. The van der Waals surface area contributed by atoms with E-state index in [0.29, 0.717) is 16.5 Å². The third kappa shape index (κ3) is 4.23. The van der Waals surface area contributed by atoms with Crippen molar-refractivity contribution in [1.29, 1.82) is 0 Å². The average Bonchev–Trinajstić information content (AvgIpc) is 2.47. The Hall–Kier alpha value is -2.00. The van der Waals surface area contributed by atoms with Crippen molar-refractivity contribution in [3.05, 3.63) is 64.7 Å². The van der Waals surface area contributed by atoms with Crippen molar-refractivity contribution in [2.24, 2.45) is 5.73 Å². The van der Waals surface area contributed by atoms with Gasteiger partial charge in [-0.25, -0.2) is 0 Å². The van der Waals surface area contributed by atoms with Crippen LogP contribution in [0.4, 0.5) is 5.69 Å².